The van der Waals surface area contributed by atoms with Crippen LogP contribution in [0.1, 0.15) is 32.4 Å². The quantitative estimate of drug-likeness (QED) is 0.656. The molecule has 1 amide bonds. The van der Waals surface area contributed by atoms with Crippen molar-refractivity contribution in [3.8, 4) is 11.5 Å². The molecule has 0 saturated carbocycles. The van der Waals surface area contributed by atoms with Gasteiger partial charge in [0.15, 0.2) is 17.6 Å². The van der Waals surface area contributed by atoms with Crippen molar-refractivity contribution in [2.75, 3.05) is 26.8 Å². The van der Waals surface area contributed by atoms with E-state index in [0.717, 1.165) is 5.56 Å². The molecule has 162 valence electrons. The second kappa shape index (κ2) is 9.58. The Hall–Kier alpha value is -2.44. The first-order valence-electron chi connectivity index (χ1n) is 9.91. The lowest BCUT2D eigenvalue weighted by Gasteiger charge is -2.37. The first-order valence-corrected chi connectivity index (χ1v) is 10.3. The molecule has 1 aliphatic rings. The number of carbonyl (C=O) groups is 1. The number of ether oxygens (including phenoxy) is 4. The van der Waals surface area contributed by atoms with E-state index in [4.69, 9.17) is 30.5 Å². The highest BCUT2D eigenvalue weighted by molar-refractivity contribution is 6.30. The molecule has 0 N–H and O–H groups in total. The van der Waals surface area contributed by atoms with Crippen LogP contribution in [0.3, 0.4) is 0 Å². The maximum atomic E-state index is 12.6. The van der Waals surface area contributed by atoms with Gasteiger partial charge in [-0.25, -0.2) is 4.79 Å². The number of halogens is 1. The van der Waals surface area contributed by atoms with Crippen LogP contribution < -0.4 is 9.47 Å². The van der Waals surface area contributed by atoms with Gasteiger partial charge in [0, 0.05) is 17.6 Å². The molecule has 2 unspecified atom stereocenters. The lowest BCUT2D eigenvalue weighted by molar-refractivity contribution is -0.0840. The summed E-state index contributed by atoms with van der Waals surface area (Å²) >= 11 is 6.09. The normalized spacial score (nSPS) is 17.9. The number of amides is 1. The molecular formula is C23H28ClNO5. The minimum absolute atomic E-state index is 0.352. The standard InChI is InChI=1S/C23H28ClNO5/c1-23(2,3)30-22(26)25-12-13-28-20(15-25)21(16-8-6-5-7-9-16)29-18-11-10-17(24)14-19(18)27-4/h5-11,14,20-21H,12-13,15H2,1-4H3. The van der Waals surface area contributed by atoms with E-state index in [9.17, 15) is 4.79 Å². The van der Waals surface area contributed by atoms with E-state index in [1.165, 1.54) is 0 Å². The van der Waals surface area contributed by atoms with Gasteiger partial charge in [-0.15, -0.1) is 0 Å². The zero-order valence-corrected chi connectivity index (χ0v) is 18.5. The van der Waals surface area contributed by atoms with Gasteiger partial charge < -0.3 is 23.8 Å². The number of rotatable bonds is 5. The average Bonchev–Trinajstić information content (AvgIpc) is 2.72. The molecule has 2 aromatic rings. The minimum atomic E-state index is -0.559. The Morgan fingerprint density at radius 2 is 1.90 bits per heavy atom. The smallest absolute Gasteiger partial charge is 0.410 e. The Labute approximate surface area is 182 Å². The summed E-state index contributed by atoms with van der Waals surface area (Å²) in [4.78, 5) is 14.3. The fourth-order valence-electron chi connectivity index (χ4n) is 3.23. The molecule has 0 aliphatic carbocycles. The summed E-state index contributed by atoms with van der Waals surface area (Å²) in [6, 6.07) is 15.0. The fraction of sp³-hybridized carbons (Fsp3) is 0.435. The van der Waals surface area contributed by atoms with Crippen LogP contribution >= 0.6 is 11.6 Å². The van der Waals surface area contributed by atoms with Gasteiger partial charge >= 0.3 is 6.09 Å². The van der Waals surface area contributed by atoms with Crippen LogP contribution in [0.25, 0.3) is 0 Å². The van der Waals surface area contributed by atoms with E-state index in [0.29, 0.717) is 36.2 Å². The third-order valence-corrected chi connectivity index (χ3v) is 4.83. The molecular weight excluding hydrogens is 406 g/mol. The van der Waals surface area contributed by atoms with Crippen molar-refractivity contribution in [3.05, 3.63) is 59.1 Å². The molecule has 30 heavy (non-hydrogen) atoms. The van der Waals surface area contributed by atoms with E-state index in [-0.39, 0.29) is 12.2 Å². The SMILES string of the molecule is COc1cc(Cl)ccc1OC(c1ccccc1)C1CN(C(=O)OC(C)(C)C)CCO1. The second-order valence-corrected chi connectivity index (χ2v) is 8.52. The topological polar surface area (TPSA) is 57.2 Å². The largest absolute Gasteiger partial charge is 0.493 e. The minimum Gasteiger partial charge on any atom is -0.493 e. The first kappa shape index (κ1) is 22.2. The third kappa shape index (κ3) is 5.80. The third-order valence-electron chi connectivity index (χ3n) is 4.59. The molecule has 0 radical (unpaired) electrons. The summed E-state index contributed by atoms with van der Waals surface area (Å²) < 4.78 is 23.4. The van der Waals surface area contributed by atoms with Crippen molar-refractivity contribution in [1.29, 1.82) is 0 Å². The molecule has 1 heterocycles. The van der Waals surface area contributed by atoms with Gasteiger partial charge in [0.25, 0.3) is 0 Å². The molecule has 2 atom stereocenters. The van der Waals surface area contributed by atoms with Gasteiger partial charge in [-0.3, -0.25) is 0 Å². The Kier molecular flexibility index (Phi) is 7.10. The molecule has 1 fully saturated rings. The van der Waals surface area contributed by atoms with Crippen molar-refractivity contribution < 1.29 is 23.7 Å². The van der Waals surface area contributed by atoms with Gasteiger partial charge in [-0.2, -0.15) is 0 Å². The van der Waals surface area contributed by atoms with Crippen LogP contribution in [-0.2, 0) is 9.47 Å². The molecule has 2 aromatic carbocycles. The summed E-state index contributed by atoms with van der Waals surface area (Å²) in [6.45, 7) is 6.78. The fourth-order valence-corrected chi connectivity index (χ4v) is 3.39. The summed E-state index contributed by atoms with van der Waals surface area (Å²) in [6.07, 6.45) is -1.19. The Morgan fingerprint density at radius 1 is 1.17 bits per heavy atom. The van der Waals surface area contributed by atoms with Gasteiger partial charge in [-0.1, -0.05) is 41.9 Å². The van der Waals surface area contributed by atoms with Gasteiger partial charge in [0.2, 0.25) is 0 Å². The van der Waals surface area contributed by atoms with E-state index in [2.05, 4.69) is 0 Å². The highest BCUT2D eigenvalue weighted by Crippen LogP contribution is 2.36. The van der Waals surface area contributed by atoms with E-state index >= 15 is 0 Å². The van der Waals surface area contributed by atoms with Crippen molar-refractivity contribution >= 4 is 17.7 Å². The van der Waals surface area contributed by atoms with Crippen LogP contribution in [0.2, 0.25) is 5.02 Å². The second-order valence-electron chi connectivity index (χ2n) is 8.08. The van der Waals surface area contributed by atoms with Crippen LogP contribution in [0, 0.1) is 0 Å². The Bertz CT molecular complexity index is 852. The lowest BCUT2D eigenvalue weighted by atomic mass is 10.0. The van der Waals surface area contributed by atoms with Crippen LogP contribution in [-0.4, -0.2) is 49.5 Å². The highest BCUT2D eigenvalue weighted by atomic mass is 35.5. The van der Waals surface area contributed by atoms with E-state index in [1.807, 2.05) is 51.1 Å². The molecule has 7 heteroatoms. The molecule has 1 aliphatic heterocycles. The number of nitrogens with zero attached hydrogens (tertiary/aromatic N) is 1. The Morgan fingerprint density at radius 3 is 2.57 bits per heavy atom. The summed E-state index contributed by atoms with van der Waals surface area (Å²) in [7, 11) is 1.57. The summed E-state index contributed by atoms with van der Waals surface area (Å²) in [5.41, 5.74) is 0.377. The van der Waals surface area contributed by atoms with E-state index in [1.54, 1.807) is 30.2 Å². The molecule has 0 aromatic heterocycles. The maximum absolute atomic E-state index is 12.6. The lowest BCUT2D eigenvalue weighted by Crippen LogP contribution is -2.50. The Balaban J connectivity index is 1.85. The predicted molar refractivity (Wildman–Crippen MR) is 115 cm³/mol. The number of hydrogen-bond donors (Lipinski definition) is 0. The van der Waals surface area contributed by atoms with Gasteiger partial charge in [0.1, 0.15) is 11.7 Å². The zero-order valence-electron chi connectivity index (χ0n) is 17.8. The van der Waals surface area contributed by atoms with Gasteiger partial charge in [-0.05, 0) is 38.5 Å². The number of methoxy groups -OCH3 is 1. The number of carbonyl (C=O) groups excluding carboxylic acids is 1. The summed E-state index contributed by atoms with van der Waals surface area (Å²) in [5, 5.41) is 0.556. The first-order chi connectivity index (χ1) is 14.3. The van der Waals surface area contributed by atoms with Crippen LogP contribution in [0.5, 0.6) is 11.5 Å². The molecule has 3 rings (SSSR count). The molecule has 6 nitrogen and oxygen atoms in total. The van der Waals surface area contributed by atoms with Crippen molar-refractivity contribution in [2.45, 2.75) is 38.6 Å². The van der Waals surface area contributed by atoms with Crippen LogP contribution in [0.15, 0.2) is 48.5 Å². The van der Waals surface area contributed by atoms with Crippen molar-refractivity contribution in [3.63, 3.8) is 0 Å². The van der Waals surface area contributed by atoms with E-state index < -0.39 is 11.7 Å². The molecule has 1 saturated heterocycles. The maximum Gasteiger partial charge on any atom is 0.410 e. The monoisotopic (exact) mass is 433 g/mol. The number of benzene rings is 2. The van der Waals surface area contributed by atoms with Crippen molar-refractivity contribution in [1.82, 2.24) is 4.90 Å². The number of hydrogen-bond acceptors (Lipinski definition) is 5. The van der Waals surface area contributed by atoms with Crippen LogP contribution in [0.4, 0.5) is 4.79 Å². The van der Waals surface area contributed by atoms with Crippen molar-refractivity contribution in [2.24, 2.45) is 0 Å². The highest BCUT2D eigenvalue weighted by Gasteiger charge is 2.35. The number of morpholine rings is 1. The molecule has 0 bridgehead atoms. The zero-order chi connectivity index (χ0) is 21.7. The van der Waals surface area contributed by atoms with Gasteiger partial charge in [0.05, 0.1) is 20.3 Å². The summed E-state index contributed by atoms with van der Waals surface area (Å²) in [5.74, 6) is 1.08. The molecule has 0 spiro atoms. The predicted octanol–water partition coefficient (Wildman–Crippen LogP) is 5.10. The average molecular weight is 434 g/mol.